The van der Waals surface area contributed by atoms with Crippen LogP contribution in [0.3, 0.4) is 0 Å². The van der Waals surface area contributed by atoms with Crippen LogP contribution in [0, 0.1) is 0 Å². The zero-order chi connectivity index (χ0) is 21.8. The highest BCUT2D eigenvalue weighted by molar-refractivity contribution is 7.09. The summed E-state index contributed by atoms with van der Waals surface area (Å²) in [6.07, 6.45) is 5.56. The lowest BCUT2D eigenvalue weighted by Gasteiger charge is -2.13. The van der Waals surface area contributed by atoms with Gasteiger partial charge in [0.25, 0.3) is 5.56 Å². The predicted molar refractivity (Wildman–Crippen MR) is 121 cm³/mol. The number of rotatable bonds is 8. The summed E-state index contributed by atoms with van der Waals surface area (Å²) >= 11 is 1.67. The van der Waals surface area contributed by atoms with Gasteiger partial charge < -0.3 is 10.4 Å². The summed E-state index contributed by atoms with van der Waals surface area (Å²) in [4.78, 5) is 33.1. The Morgan fingerprint density at radius 3 is 2.67 bits per heavy atom. The second kappa shape index (κ2) is 9.21. The number of hydrogen-bond acceptors (Lipinski definition) is 6. The fraction of sp³-hybridized carbons (Fsp3) is 0.364. The molecule has 0 aliphatic heterocycles. The number of hydrogen-bond donors (Lipinski definition) is 2. The molecule has 30 heavy (non-hydrogen) atoms. The fourth-order valence-corrected chi connectivity index (χ4v) is 3.95. The van der Waals surface area contributed by atoms with Crippen molar-refractivity contribution in [2.45, 2.75) is 52.5 Å². The molecular formula is C22H26N4O3S. The number of aromatic nitrogens is 3. The number of aryl methyl sites for hydroxylation is 2. The van der Waals surface area contributed by atoms with Crippen LogP contribution in [0.25, 0.3) is 11.7 Å². The first-order chi connectivity index (χ1) is 14.2. The van der Waals surface area contributed by atoms with Gasteiger partial charge in [0.05, 0.1) is 16.3 Å². The number of aliphatic carboxylic acids is 1. The molecule has 3 aromatic rings. The van der Waals surface area contributed by atoms with Gasteiger partial charge in [0, 0.05) is 30.1 Å². The van der Waals surface area contributed by atoms with Gasteiger partial charge in [0.15, 0.2) is 0 Å². The van der Waals surface area contributed by atoms with E-state index in [0.29, 0.717) is 17.4 Å². The van der Waals surface area contributed by atoms with E-state index in [0.717, 1.165) is 35.2 Å². The Kier molecular flexibility index (Phi) is 6.66. The largest absolute Gasteiger partial charge is 0.478 e. The minimum Gasteiger partial charge on any atom is -0.478 e. The Balaban J connectivity index is 1.93. The first-order valence-electron chi connectivity index (χ1n) is 9.91. The standard InChI is InChI=1S/C22H26N4O3S/c1-13(2)17-12-30-19(24-17)7-5-15-9-10-26-18(11-15)25-21(23-14(3)4)16(22(26)29)6-8-20(27)28/h6,8-14,23H,5,7H2,1-4H3,(H,27,28)/b8-6+. The van der Waals surface area contributed by atoms with Crippen LogP contribution >= 0.6 is 11.3 Å². The SMILES string of the molecule is CC(C)Nc1nc2cc(CCc3nc(C(C)C)cs3)ccn2c(=O)c1/C=C/C(=O)O. The fourth-order valence-electron chi connectivity index (χ4n) is 2.99. The van der Waals surface area contributed by atoms with E-state index in [9.17, 15) is 9.59 Å². The van der Waals surface area contributed by atoms with Gasteiger partial charge in [0.1, 0.15) is 11.5 Å². The molecule has 0 unspecified atom stereocenters. The number of carboxylic acids is 1. The third-order valence-corrected chi connectivity index (χ3v) is 5.46. The molecule has 0 fully saturated rings. The van der Waals surface area contributed by atoms with Crippen molar-refractivity contribution in [3.63, 3.8) is 0 Å². The quantitative estimate of drug-likeness (QED) is 0.529. The highest BCUT2D eigenvalue weighted by Gasteiger charge is 2.13. The molecule has 0 saturated heterocycles. The van der Waals surface area contributed by atoms with Gasteiger partial charge in [-0.05, 0) is 50.0 Å². The van der Waals surface area contributed by atoms with Crippen LogP contribution in [0.4, 0.5) is 5.82 Å². The third-order valence-electron chi connectivity index (χ3n) is 4.54. The summed E-state index contributed by atoms with van der Waals surface area (Å²) in [6.45, 7) is 8.14. The second-order valence-electron chi connectivity index (χ2n) is 7.73. The van der Waals surface area contributed by atoms with Crippen molar-refractivity contribution >= 4 is 34.8 Å². The molecule has 158 valence electrons. The van der Waals surface area contributed by atoms with Gasteiger partial charge >= 0.3 is 5.97 Å². The summed E-state index contributed by atoms with van der Waals surface area (Å²) < 4.78 is 1.44. The van der Waals surface area contributed by atoms with Gasteiger partial charge in [-0.15, -0.1) is 11.3 Å². The van der Waals surface area contributed by atoms with Crippen LogP contribution in [0.15, 0.2) is 34.6 Å². The number of fused-ring (bicyclic) bond motifs is 1. The Morgan fingerprint density at radius 1 is 1.27 bits per heavy atom. The Bertz CT molecular complexity index is 1140. The lowest BCUT2D eigenvalue weighted by atomic mass is 10.1. The first-order valence-corrected chi connectivity index (χ1v) is 10.8. The number of nitrogens with zero attached hydrogens (tertiary/aromatic N) is 3. The molecule has 0 aliphatic carbocycles. The molecule has 0 aromatic carbocycles. The van der Waals surface area contributed by atoms with E-state index in [4.69, 9.17) is 5.11 Å². The molecule has 0 amide bonds. The van der Waals surface area contributed by atoms with Crippen molar-refractivity contribution in [1.82, 2.24) is 14.4 Å². The number of pyridine rings is 1. The molecule has 3 aromatic heterocycles. The predicted octanol–water partition coefficient (Wildman–Crippen LogP) is 3.98. The third kappa shape index (κ3) is 5.13. The Morgan fingerprint density at radius 2 is 2.03 bits per heavy atom. The number of anilines is 1. The van der Waals surface area contributed by atoms with E-state index in [2.05, 4.69) is 34.5 Å². The molecule has 3 heterocycles. The van der Waals surface area contributed by atoms with Gasteiger partial charge in [-0.1, -0.05) is 13.8 Å². The first kappa shape index (κ1) is 21.7. The molecule has 0 radical (unpaired) electrons. The minimum absolute atomic E-state index is 0.0413. The van der Waals surface area contributed by atoms with E-state index in [-0.39, 0.29) is 17.2 Å². The minimum atomic E-state index is -1.12. The monoisotopic (exact) mass is 426 g/mol. The van der Waals surface area contributed by atoms with Crippen molar-refractivity contribution in [1.29, 1.82) is 0 Å². The lowest BCUT2D eigenvalue weighted by Crippen LogP contribution is -2.23. The molecule has 8 heteroatoms. The Labute approximate surface area is 179 Å². The summed E-state index contributed by atoms with van der Waals surface area (Å²) in [7, 11) is 0. The van der Waals surface area contributed by atoms with Gasteiger partial charge in [-0.3, -0.25) is 9.20 Å². The van der Waals surface area contributed by atoms with Crippen molar-refractivity contribution in [3.05, 3.63) is 62.0 Å². The summed E-state index contributed by atoms with van der Waals surface area (Å²) in [5, 5.41) is 15.3. The van der Waals surface area contributed by atoms with E-state index < -0.39 is 5.97 Å². The molecule has 7 nitrogen and oxygen atoms in total. The van der Waals surface area contributed by atoms with Crippen LogP contribution in [0.2, 0.25) is 0 Å². The smallest absolute Gasteiger partial charge is 0.328 e. The van der Waals surface area contributed by atoms with E-state index in [1.54, 1.807) is 17.5 Å². The molecular weight excluding hydrogens is 400 g/mol. The molecule has 0 saturated carbocycles. The van der Waals surface area contributed by atoms with Crippen LogP contribution in [-0.2, 0) is 17.6 Å². The van der Waals surface area contributed by atoms with E-state index >= 15 is 0 Å². The Hall–Kier alpha value is -3.00. The number of carboxylic acid groups (broad SMARTS) is 1. The normalized spacial score (nSPS) is 11.8. The average molecular weight is 427 g/mol. The molecule has 3 rings (SSSR count). The van der Waals surface area contributed by atoms with Crippen molar-refractivity contribution in [2.24, 2.45) is 0 Å². The summed E-state index contributed by atoms with van der Waals surface area (Å²) in [5.74, 6) is -0.317. The maximum Gasteiger partial charge on any atom is 0.328 e. The molecule has 0 bridgehead atoms. The number of carbonyl (C=O) groups is 1. The van der Waals surface area contributed by atoms with Gasteiger partial charge in [-0.2, -0.15) is 0 Å². The van der Waals surface area contributed by atoms with Crippen molar-refractivity contribution in [2.75, 3.05) is 5.32 Å². The second-order valence-corrected chi connectivity index (χ2v) is 8.68. The highest BCUT2D eigenvalue weighted by atomic mass is 32.1. The summed E-state index contributed by atoms with van der Waals surface area (Å²) in [5.41, 5.74) is 2.62. The number of nitrogens with one attached hydrogen (secondary N) is 1. The zero-order valence-corrected chi connectivity index (χ0v) is 18.4. The average Bonchev–Trinajstić information content (AvgIpc) is 3.14. The number of thiazole rings is 1. The maximum atomic E-state index is 12.9. The van der Waals surface area contributed by atoms with Crippen molar-refractivity contribution in [3.8, 4) is 0 Å². The lowest BCUT2D eigenvalue weighted by molar-refractivity contribution is -0.131. The summed E-state index contributed by atoms with van der Waals surface area (Å²) in [6, 6.07) is 3.83. The molecule has 0 aliphatic rings. The van der Waals surface area contributed by atoms with E-state index in [1.807, 2.05) is 26.0 Å². The van der Waals surface area contributed by atoms with Crippen LogP contribution in [0.1, 0.15) is 55.4 Å². The topological polar surface area (TPSA) is 96.6 Å². The zero-order valence-electron chi connectivity index (χ0n) is 17.5. The maximum absolute atomic E-state index is 12.9. The van der Waals surface area contributed by atoms with Gasteiger partial charge in [0.2, 0.25) is 0 Å². The molecule has 0 atom stereocenters. The van der Waals surface area contributed by atoms with Crippen molar-refractivity contribution < 1.29 is 9.90 Å². The molecule has 2 N–H and O–H groups in total. The van der Waals surface area contributed by atoms with Crippen LogP contribution < -0.4 is 10.9 Å². The highest BCUT2D eigenvalue weighted by Crippen LogP contribution is 2.20. The molecule has 0 spiro atoms. The van der Waals surface area contributed by atoms with Crippen LogP contribution in [-0.4, -0.2) is 31.5 Å². The van der Waals surface area contributed by atoms with Crippen LogP contribution in [0.5, 0.6) is 0 Å². The van der Waals surface area contributed by atoms with Gasteiger partial charge in [-0.25, -0.2) is 14.8 Å². The van der Waals surface area contributed by atoms with E-state index in [1.165, 1.54) is 10.5 Å².